The molecule has 1 aromatic heterocycles. The van der Waals surface area contributed by atoms with Gasteiger partial charge in [-0.25, -0.2) is 0 Å². The van der Waals surface area contributed by atoms with Crippen LogP contribution in [0, 0.1) is 40.4 Å². The summed E-state index contributed by atoms with van der Waals surface area (Å²) < 4.78 is 0. The van der Waals surface area contributed by atoms with Crippen molar-refractivity contribution in [1.82, 2.24) is 4.98 Å². The van der Waals surface area contributed by atoms with Crippen molar-refractivity contribution in [1.29, 1.82) is 0 Å². The first-order chi connectivity index (χ1) is 15.8. The second kappa shape index (κ2) is 8.81. The number of pyridine rings is 1. The van der Waals surface area contributed by atoms with Gasteiger partial charge in [0.15, 0.2) is 0 Å². The van der Waals surface area contributed by atoms with Gasteiger partial charge in [0.1, 0.15) is 0 Å². The standard InChI is InChI=1S/C31H47NO/c1-5-31(33)19-18-29(3)23(21-31)12-13-25-27-15-14-26(30(27,4)17-16-28(25)29)22(2)9-8-11-24-10-6-7-20-32-24/h6-7,10,12,20,22,25-28,33H,5,8-9,11,13-19,21H2,1-4H3/t22-,25+,26?,27?,28?,29+,30-,31+/m1/s1. The number of nitrogens with zero attached hydrogens (tertiary/aromatic N) is 1. The molecule has 5 rings (SSSR count). The molecule has 0 bridgehead atoms. The van der Waals surface area contributed by atoms with E-state index in [1.807, 2.05) is 12.3 Å². The van der Waals surface area contributed by atoms with Crippen LogP contribution >= 0.6 is 0 Å². The smallest absolute Gasteiger partial charge is 0.0682 e. The van der Waals surface area contributed by atoms with Gasteiger partial charge in [-0.1, -0.05) is 51.8 Å². The van der Waals surface area contributed by atoms with Crippen molar-refractivity contribution in [2.45, 2.75) is 110 Å². The van der Waals surface area contributed by atoms with Crippen molar-refractivity contribution in [2.75, 3.05) is 0 Å². The zero-order valence-corrected chi connectivity index (χ0v) is 21.7. The summed E-state index contributed by atoms with van der Waals surface area (Å²) in [6.07, 6.45) is 19.3. The normalized spacial score (nSPS) is 43.2. The molecule has 1 aromatic rings. The topological polar surface area (TPSA) is 33.1 Å². The Balaban J connectivity index is 1.27. The second-order valence-corrected chi connectivity index (χ2v) is 12.9. The number of aliphatic hydroxyl groups is 1. The third-order valence-electron chi connectivity index (χ3n) is 11.5. The molecule has 0 aliphatic heterocycles. The van der Waals surface area contributed by atoms with E-state index in [0.717, 1.165) is 55.3 Å². The summed E-state index contributed by atoms with van der Waals surface area (Å²) in [5, 5.41) is 11.0. The monoisotopic (exact) mass is 449 g/mol. The number of allylic oxidation sites excluding steroid dienone is 1. The maximum absolute atomic E-state index is 11.0. The highest BCUT2D eigenvalue weighted by Crippen LogP contribution is 2.67. The highest BCUT2D eigenvalue weighted by Gasteiger charge is 2.59. The first-order valence-corrected chi connectivity index (χ1v) is 14.1. The largest absolute Gasteiger partial charge is 0.390 e. The lowest BCUT2D eigenvalue weighted by molar-refractivity contribution is -0.0754. The molecular formula is C31H47NO. The molecule has 182 valence electrons. The Morgan fingerprint density at radius 1 is 1.09 bits per heavy atom. The Morgan fingerprint density at radius 3 is 2.70 bits per heavy atom. The molecule has 3 unspecified atom stereocenters. The molecule has 4 aliphatic rings. The summed E-state index contributed by atoms with van der Waals surface area (Å²) in [6, 6.07) is 6.31. The van der Waals surface area contributed by atoms with Crippen LogP contribution in [0.3, 0.4) is 0 Å². The SMILES string of the molecule is CC[C@]1(O)CC[C@@]2(C)C(=CC[C@H]3C4CCC([C@H](C)CCCc5ccccn5)[C@@]4(C)CCC32)C1. The predicted octanol–water partition coefficient (Wildman–Crippen LogP) is 7.76. The minimum absolute atomic E-state index is 0.345. The average Bonchev–Trinajstić information content (AvgIpc) is 3.17. The van der Waals surface area contributed by atoms with Crippen molar-refractivity contribution < 1.29 is 5.11 Å². The van der Waals surface area contributed by atoms with Crippen molar-refractivity contribution >= 4 is 0 Å². The van der Waals surface area contributed by atoms with Gasteiger partial charge in [0.05, 0.1) is 5.60 Å². The minimum Gasteiger partial charge on any atom is -0.390 e. The van der Waals surface area contributed by atoms with Crippen molar-refractivity contribution in [2.24, 2.45) is 40.4 Å². The lowest BCUT2D eigenvalue weighted by atomic mass is 9.46. The van der Waals surface area contributed by atoms with Crippen LogP contribution in [0.15, 0.2) is 36.0 Å². The number of rotatable bonds is 6. The van der Waals surface area contributed by atoms with Gasteiger partial charge in [-0.15, -0.1) is 0 Å². The summed E-state index contributed by atoms with van der Waals surface area (Å²) in [5.41, 5.74) is 3.30. The van der Waals surface area contributed by atoms with Crippen molar-refractivity contribution in [3.05, 3.63) is 41.7 Å². The minimum atomic E-state index is -0.440. The van der Waals surface area contributed by atoms with E-state index in [0.29, 0.717) is 10.8 Å². The lowest BCUT2D eigenvalue weighted by Crippen LogP contribution is -2.52. The summed E-state index contributed by atoms with van der Waals surface area (Å²) in [5.74, 6) is 4.33. The second-order valence-electron chi connectivity index (χ2n) is 12.9. The van der Waals surface area contributed by atoms with E-state index in [2.05, 4.69) is 50.9 Å². The molecular weight excluding hydrogens is 402 g/mol. The van der Waals surface area contributed by atoms with E-state index in [1.165, 1.54) is 57.1 Å². The summed E-state index contributed by atoms with van der Waals surface area (Å²) >= 11 is 0. The first kappa shape index (κ1) is 23.6. The maximum Gasteiger partial charge on any atom is 0.0682 e. The Kier molecular flexibility index (Phi) is 6.30. The van der Waals surface area contributed by atoms with Crippen LogP contribution in [0.4, 0.5) is 0 Å². The molecule has 0 amide bonds. The molecule has 0 aromatic carbocycles. The Morgan fingerprint density at radius 2 is 1.94 bits per heavy atom. The molecule has 33 heavy (non-hydrogen) atoms. The van der Waals surface area contributed by atoms with Crippen LogP contribution in [0.5, 0.6) is 0 Å². The van der Waals surface area contributed by atoms with Gasteiger partial charge in [-0.2, -0.15) is 0 Å². The maximum atomic E-state index is 11.0. The van der Waals surface area contributed by atoms with Crippen LogP contribution in [-0.2, 0) is 6.42 Å². The van der Waals surface area contributed by atoms with Gasteiger partial charge in [-0.3, -0.25) is 4.98 Å². The van der Waals surface area contributed by atoms with E-state index in [4.69, 9.17) is 0 Å². The summed E-state index contributed by atoms with van der Waals surface area (Å²) in [4.78, 5) is 4.53. The Hall–Kier alpha value is -1.15. The van der Waals surface area contributed by atoms with Gasteiger partial charge >= 0.3 is 0 Å². The fourth-order valence-corrected chi connectivity index (χ4v) is 9.34. The van der Waals surface area contributed by atoms with Crippen LogP contribution in [-0.4, -0.2) is 15.7 Å². The van der Waals surface area contributed by atoms with E-state index in [-0.39, 0.29) is 0 Å². The molecule has 2 heteroatoms. The molecule has 0 saturated heterocycles. The van der Waals surface area contributed by atoms with Gasteiger partial charge < -0.3 is 5.11 Å². The first-order valence-electron chi connectivity index (χ1n) is 14.1. The molecule has 4 aliphatic carbocycles. The van der Waals surface area contributed by atoms with Gasteiger partial charge in [0, 0.05) is 11.9 Å². The third kappa shape index (κ3) is 4.03. The number of aromatic nitrogens is 1. The summed E-state index contributed by atoms with van der Waals surface area (Å²) in [6.45, 7) is 9.96. The Bertz CT molecular complexity index is 863. The number of hydrogen-bond acceptors (Lipinski definition) is 2. The molecule has 1 heterocycles. The third-order valence-corrected chi connectivity index (χ3v) is 11.5. The van der Waals surface area contributed by atoms with Crippen LogP contribution < -0.4 is 0 Å². The van der Waals surface area contributed by atoms with Crippen LogP contribution in [0.1, 0.15) is 104 Å². The molecule has 0 spiro atoms. The number of fused-ring (bicyclic) bond motifs is 5. The fourth-order valence-electron chi connectivity index (χ4n) is 9.34. The molecule has 2 nitrogen and oxygen atoms in total. The van der Waals surface area contributed by atoms with Gasteiger partial charge in [0.2, 0.25) is 0 Å². The Labute approximate surface area is 202 Å². The molecule has 0 radical (unpaired) electrons. The molecule has 3 saturated carbocycles. The molecule has 3 fully saturated rings. The quantitative estimate of drug-likeness (QED) is 0.450. The number of hydrogen-bond donors (Lipinski definition) is 1. The highest BCUT2D eigenvalue weighted by molar-refractivity contribution is 5.27. The van der Waals surface area contributed by atoms with E-state index >= 15 is 0 Å². The zero-order chi connectivity index (χ0) is 23.3. The highest BCUT2D eigenvalue weighted by atomic mass is 16.3. The van der Waals surface area contributed by atoms with Crippen molar-refractivity contribution in [3.8, 4) is 0 Å². The van der Waals surface area contributed by atoms with Crippen LogP contribution in [0.2, 0.25) is 0 Å². The summed E-state index contributed by atoms with van der Waals surface area (Å²) in [7, 11) is 0. The van der Waals surface area contributed by atoms with E-state index in [1.54, 1.807) is 5.57 Å². The molecule has 1 N–H and O–H groups in total. The van der Waals surface area contributed by atoms with E-state index in [9.17, 15) is 5.11 Å². The van der Waals surface area contributed by atoms with E-state index < -0.39 is 5.60 Å². The average molecular weight is 450 g/mol. The fraction of sp³-hybridized carbons (Fsp3) is 0.774. The van der Waals surface area contributed by atoms with Gasteiger partial charge in [0.25, 0.3) is 0 Å². The molecule has 8 atom stereocenters. The zero-order valence-electron chi connectivity index (χ0n) is 21.7. The lowest BCUT2D eigenvalue weighted by Gasteiger charge is -2.59. The van der Waals surface area contributed by atoms with Crippen LogP contribution in [0.25, 0.3) is 0 Å². The number of aryl methyl sites for hydroxylation is 1. The predicted molar refractivity (Wildman–Crippen MR) is 137 cm³/mol. The van der Waals surface area contributed by atoms with Crippen molar-refractivity contribution in [3.63, 3.8) is 0 Å². The van der Waals surface area contributed by atoms with Gasteiger partial charge in [-0.05, 0) is 123 Å².